The van der Waals surface area contributed by atoms with Crippen LogP contribution in [0.1, 0.15) is 31.2 Å². The molecule has 1 fully saturated rings. The maximum atomic E-state index is 13.9. The molecule has 9 heteroatoms. The van der Waals surface area contributed by atoms with Gasteiger partial charge in [0.15, 0.2) is 0 Å². The molecular weight excluding hydrogens is 397 g/mol. The van der Waals surface area contributed by atoms with Gasteiger partial charge in [0.25, 0.3) is 5.69 Å². The highest BCUT2D eigenvalue weighted by Gasteiger charge is 2.28. The van der Waals surface area contributed by atoms with Crippen LogP contribution in [-0.4, -0.2) is 37.8 Å². The Hall–Kier alpha value is -2.52. The van der Waals surface area contributed by atoms with Crippen LogP contribution in [0.4, 0.5) is 15.8 Å². The smallest absolute Gasteiger partial charge is 0.293 e. The van der Waals surface area contributed by atoms with Crippen LogP contribution in [0.3, 0.4) is 0 Å². The Labute approximate surface area is 170 Å². The predicted molar refractivity (Wildman–Crippen MR) is 109 cm³/mol. The first kappa shape index (κ1) is 21.2. The van der Waals surface area contributed by atoms with Gasteiger partial charge in [0.1, 0.15) is 11.5 Å². The number of halogens is 1. The first-order valence-corrected chi connectivity index (χ1v) is 11.0. The summed E-state index contributed by atoms with van der Waals surface area (Å²) >= 11 is 0. The second-order valence-corrected chi connectivity index (χ2v) is 9.11. The molecule has 1 aliphatic heterocycles. The topological polar surface area (TPSA) is 83.8 Å². The van der Waals surface area contributed by atoms with E-state index in [4.69, 9.17) is 0 Å². The minimum absolute atomic E-state index is 0.0888. The van der Waals surface area contributed by atoms with Crippen LogP contribution in [-0.2, 0) is 16.6 Å². The van der Waals surface area contributed by atoms with Crippen LogP contribution in [0.2, 0.25) is 0 Å². The van der Waals surface area contributed by atoms with E-state index < -0.39 is 20.8 Å². The lowest BCUT2D eigenvalue weighted by Gasteiger charge is -2.22. The molecule has 3 rings (SSSR count). The number of sulfonamides is 1. The van der Waals surface area contributed by atoms with E-state index in [9.17, 15) is 22.9 Å². The van der Waals surface area contributed by atoms with Gasteiger partial charge in [-0.3, -0.25) is 10.1 Å². The second kappa shape index (κ2) is 8.87. The molecule has 0 spiro atoms. The van der Waals surface area contributed by atoms with E-state index in [0.717, 1.165) is 31.7 Å². The minimum Gasteiger partial charge on any atom is -0.365 e. The zero-order chi connectivity index (χ0) is 21.0. The molecule has 7 nitrogen and oxygen atoms in total. The summed E-state index contributed by atoms with van der Waals surface area (Å²) in [6.07, 6.45) is 3.52. The van der Waals surface area contributed by atoms with Crippen LogP contribution in [0.15, 0.2) is 47.4 Å². The molecule has 1 heterocycles. The molecule has 29 heavy (non-hydrogen) atoms. The molecule has 0 bridgehead atoms. The average Bonchev–Trinajstić information content (AvgIpc) is 2.99. The summed E-state index contributed by atoms with van der Waals surface area (Å²) in [5.41, 5.74) is 0.304. The van der Waals surface area contributed by atoms with E-state index in [0.29, 0.717) is 18.7 Å². The van der Waals surface area contributed by atoms with Gasteiger partial charge in [0, 0.05) is 38.3 Å². The van der Waals surface area contributed by atoms with Crippen molar-refractivity contribution in [3.8, 4) is 0 Å². The number of hydrogen-bond acceptors (Lipinski definition) is 5. The fourth-order valence-electron chi connectivity index (χ4n) is 3.53. The summed E-state index contributed by atoms with van der Waals surface area (Å²) in [6.45, 7) is 0.960. The number of nitro benzene ring substituents is 1. The summed E-state index contributed by atoms with van der Waals surface area (Å²) < 4.78 is 41.3. The molecule has 0 unspecified atom stereocenters. The average molecular weight is 421 g/mol. The fraction of sp³-hybridized carbons (Fsp3) is 0.400. The van der Waals surface area contributed by atoms with Gasteiger partial charge in [-0.15, -0.1) is 0 Å². The maximum Gasteiger partial charge on any atom is 0.293 e. The monoisotopic (exact) mass is 421 g/mol. The SMILES string of the molecule is CN(Cc1ccccc1F)c1ccc(S(=O)(=O)N2CCCCCC2)cc1[N+](=O)[O-]. The third kappa shape index (κ3) is 4.73. The van der Waals surface area contributed by atoms with Gasteiger partial charge in [-0.25, -0.2) is 12.8 Å². The van der Waals surface area contributed by atoms with Gasteiger partial charge < -0.3 is 4.90 Å². The molecule has 156 valence electrons. The van der Waals surface area contributed by atoms with Gasteiger partial charge in [-0.1, -0.05) is 31.0 Å². The third-order valence-corrected chi connectivity index (χ3v) is 7.02. The number of benzene rings is 2. The fourth-order valence-corrected chi connectivity index (χ4v) is 5.07. The Morgan fingerprint density at radius 3 is 2.38 bits per heavy atom. The van der Waals surface area contributed by atoms with E-state index in [2.05, 4.69) is 0 Å². The van der Waals surface area contributed by atoms with Crippen LogP contribution in [0.25, 0.3) is 0 Å². The Balaban J connectivity index is 1.92. The zero-order valence-electron chi connectivity index (χ0n) is 16.3. The summed E-state index contributed by atoms with van der Waals surface area (Å²) in [5.74, 6) is -0.401. The molecular formula is C20H24FN3O4S. The van der Waals surface area contributed by atoms with Crippen molar-refractivity contribution < 1.29 is 17.7 Å². The lowest BCUT2D eigenvalue weighted by Crippen LogP contribution is -2.32. The minimum atomic E-state index is -3.80. The summed E-state index contributed by atoms with van der Waals surface area (Å²) in [7, 11) is -2.19. The molecule has 0 aliphatic carbocycles. The summed E-state index contributed by atoms with van der Waals surface area (Å²) in [4.78, 5) is 12.5. The lowest BCUT2D eigenvalue weighted by atomic mass is 10.2. The number of hydrogen-bond donors (Lipinski definition) is 0. The molecule has 0 N–H and O–H groups in total. The quantitative estimate of drug-likeness (QED) is 0.521. The standard InChI is InChI=1S/C20H24FN3O4S/c1-22(15-16-8-4-5-9-18(16)21)19-11-10-17(14-20(19)24(25)26)29(27,28)23-12-6-2-3-7-13-23/h4-5,8-11,14H,2-3,6-7,12-13,15H2,1H3. The molecule has 2 aromatic rings. The molecule has 2 aromatic carbocycles. The van der Waals surface area contributed by atoms with E-state index >= 15 is 0 Å². The Kier molecular flexibility index (Phi) is 6.49. The Morgan fingerprint density at radius 2 is 1.76 bits per heavy atom. The first-order chi connectivity index (χ1) is 13.8. The molecule has 1 saturated heterocycles. The van der Waals surface area contributed by atoms with Gasteiger partial charge in [-0.05, 0) is 31.0 Å². The lowest BCUT2D eigenvalue weighted by molar-refractivity contribution is -0.384. The van der Waals surface area contributed by atoms with Gasteiger partial charge in [0.2, 0.25) is 10.0 Å². The summed E-state index contributed by atoms with van der Waals surface area (Å²) in [6, 6.07) is 10.1. The number of anilines is 1. The van der Waals surface area contributed by atoms with Gasteiger partial charge in [-0.2, -0.15) is 4.31 Å². The number of rotatable bonds is 6. The molecule has 1 aliphatic rings. The highest BCUT2D eigenvalue weighted by Crippen LogP contribution is 2.32. The van der Waals surface area contributed by atoms with Crippen molar-refractivity contribution in [2.75, 3.05) is 25.0 Å². The Bertz CT molecular complexity index is 989. The van der Waals surface area contributed by atoms with Crippen molar-refractivity contribution in [3.63, 3.8) is 0 Å². The van der Waals surface area contributed by atoms with Crippen molar-refractivity contribution in [3.05, 3.63) is 64.0 Å². The van der Waals surface area contributed by atoms with Crippen LogP contribution in [0.5, 0.6) is 0 Å². The van der Waals surface area contributed by atoms with Crippen molar-refractivity contribution in [2.45, 2.75) is 37.1 Å². The van der Waals surface area contributed by atoms with Crippen molar-refractivity contribution in [2.24, 2.45) is 0 Å². The normalized spacial score (nSPS) is 15.7. The summed E-state index contributed by atoms with van der Waals surface area (Å²) in [5, 5.41) is 11.7. The van der Waals surface area contributed by atoms with E-state index in [-0.39, 0.29) is 22.8 Å². The van der Waals surface area contributed by atoms with Crippen molar-refractivity contribution in [1.29, 1.82) is 0 Å². The largest absolute Gasteiger partial charge is 0.365 e. The van der Waals surface area contributed by atoms with Crippen molar-refractivity contribution in [1.82, 2.24) is 4.31 Å². The second-order valence-electron chi connectivity index (χ2n) is 7.17. The molecule has 0 radical (unpaired) electrons. The molecule has 0 amide bonds. The van der Waals surface area contributed by atoms with E-state index in [1.807, 2.05) is 0 Å². The highest BCUT2D eigenvalue weighted by atomic mass is 32.2. The van der Waals surface area contributed by atoms with E-state index in [1.165, 1.54) is 22.5 Å². The van der Waals surface area contributed by atoms with E-state index in [1.54, 1.807) is 30.1 Å². The van der Waals surface area contributed by atoms with Crippen LogP contribution < -0.4 is 4.90 Å². The van der Waals surface area contributed by atoms with Crippen molar-refractivity contribution >= 4 is 21.4 Å². The van der Waals surface area contributed by atoms with Gasteiger partial charge >= 0.3 is 0 Å². The van der Waals surface area contributed by atoms with Crippen LogP contribution in [0, 0.1) is 15.9 Å². The third-order valence-electron chi connectivity index (χ3n) is 5.12. The molecule has 0 aromatic heterocycles. The maximum absolute atomic E-state index is 13.9. The number of nitrogens with zero attached hydrogens (tertiary/aromatic N) is 3. The zero-order valence-corrected chi connectivity index (χ0v) is 17.1. The predicted octanol–water partition coefficient (Wildman–Crippen LogP) is 3.94. The molecule has 0 saturated carbocycles. The van der Waals surface area contributed by atoms with Gasteiger partial charge in [0.05, 0.1) is 9.82 Å². The molecule has 0 atom stereocenters. The first-order valence-electron chi connectivity index (χ1n) is 9.54. The Morgan fingerprint density at radius 1 is 1.10 bits per heavy atom. The highest BCUT2D eigenvalue weighted by molar-refractivity contribution is 7.89. The van der Waals surface area contributed by atoms with Crippen LogP contribution >= 0.6 is 0 Å². The number of nitro groups is 1.